The number of carbonyl (C=O) groups is 1. The molecule has 0 fully saturated rings. The molecule has 1 unspecified atom stereocenters. The van der Waals surface area contributed by atoms with Crippen LogP contribution in [0.4, 0.5) is 0 Å². The van der Waals surface area contributed by atoms with Gasteiger partial charge in [0.15, 0.2) is 0 Å². The first-order valence-electron chi connectivity index (χ1n) is 13.4. The van der Waals surface area contributed by atoms with Crippen molar-refractivity contribution in [3.8, 4) is 5.75 Å². The molecule has 3 aromatic carbocycles. The van der Waals surface area contributed by atoms with Gasteiger partial charge in [-0.05, 0) is 77.9 Å². The maximum atomic E-state index is 14.2. The van der Waals surface area contributed by atoms with Gasteiger partial charge in [0.05, 0.1) is 23.8 Å². The lowest BCUT2D eigenvalue weighted by molar-refractivity contribution is -0.134. The number of H-pyrrole nitrogens is 1. The van der Waals surface area contributed by atoms with Crippen molar-refractivity contribution < 1.29 is 22.7 Å². The summed E-state index contributed by atoms with van der Waals surface area (Å²) >= 11 is 0.697. The van der Waals surface area contributed by atoms with E-state index in [0.717, 1.165) is 39.6 Å². The van der Waals surface area contributed by atoms with Crippen molar-refractivity contribution in [2.75, 3.05) is 26.0 Å². The van der Waals surface area contributed by atoms with Crippen molar-refractivity contribution in [1.82, 2.24) is 9.29 Å². The summed E-state index contributed by atoms with van der Waals surface area (Å²) in [4.78, 5) is 15.0. The summed E-state index contributed by atoms with van der Waals surface area (Å²) < 4.78 is 49.2. The number of aromatic amines is 1. The average Bonchev–Trinajstić information content (AvgIpc) is 3.60. The molecule has 5 rings (SSSR count). The zero-order chi connectivity index (χ0) is 28.8. The van der Waals surface area contributed by atoms with Gasteiger partial charge in [-0.25, -0.2) is 13.2 Å². The highest BCUT2D eigenvalue weighted by Gasteiger charge is 2.36. The standard InChI is InChI=1S/C31H31N3O5S2/c1-38-31(35)15-7-22-6-13-28-23(20-22)8-14-30(28)34(17-16-24-21-33-29-5-3-2-4-27(24)29)41(36,37)26-11-9-25(10-12-26)39-18-19-40-32/h2-7,9-13,15,20-21,30,33H,8,14,16-19H2,1H3/b15-7+. The third kappa shape index (κ3) is 6.36. The molecule has 212 valence electrons. The number of benzene rings is 3. The Morgan fingerprint density at radius 3 is 2.73 bits per heavy atom. The van der Waals surface area contributed by atoms with Gasteiger partial charge in [-0.3, -0.25) is 0 Å². The number of nitrogens with zero attached hydrogens (tertiary/aromatic N) is 2. The molecule has 1 aliphatic rings. The molecule has 0 saturated heterocycles. The van der Waals surface area contributed by atoms with Gasteiger partial charge in [-0.15, -0.1) is 0 Å². The quantitative estimate of drug-likeness (QED) is 0.133. The highest BCUT2D eigenvalue weighted by Crippen LogP contribution is 2.40. The number of fused-ring (bicyclic) bond motifs is 2. The normalized spacial score (nSPS) is 14.9. The van der Waals surface area contributed by atoms with Crippen LogP contribution >= 0.6 is 11.4 Å². The van der Waals surface area contributed by atoms with Gasteiger partial charge in [0.1, 0.15) is 12.4 Å². The summed E-state index contributed by atoms with van der Waals surface area (Å²) in [5.74, 6) is 0.534. The number of aromatic nitrogens is 1. The van der Waals surface area contributed by atoms with E-state index in [-0.39, 0.29) is 10.9 Å². The van der Waals surface area contributed by atoms with Gasteiger partial charge < -0.3 is 14.5 Å². The van der Waals surface area contributed by atoms with Gasteiger partial charge in [0, 0.05) is 41.1 Å². The van der Waals surface area contributed by atoms with E-state index in [9.17, 15) is 13.2 Å². The molecule has 41 heavy (non-hydrogen) atoms. The number of rotatable bonds is 11. The smallest absolute Gasteiger partial charge is 0.330 e. The third-order valence-electron chi connectivity index (χ3n) is 7.32. The summed E-state index contributed by atoms with van der Waals surface area (Å²) in [6.07, 6.45) is 6.97. The van der Waals surface area contributed by atoms with E-state index in [1.807, 2.05) is 48.7 Å². The molecule has 0 spiro atoms. The highest BCUT2D eigenvalue weighted by atomic mass is 32.2. The van der Waals surface area contributed by atoms with E-state index in [2.05, 4.69) is 9.72 Å². The van der Waals surface area contributed by atoms with Crippen LogP contribution < -0.4 is 4.74 Å². The van der Waals surface area contributed by atoms with Crippen LogP contribution in [0, 0.1) is 4.61 Å². The van der Waals surface area contributed by atoms with E-state index in [4.69, 9.17) is 9.35 Å². The Hall–Kier alpha value is -3.95. The van der Waals surface area contributed by atoms with E-state index in [1.165, 1.54) is 13.2 Å². The number of methoxy groups -OCH3 is 1. The van der Waals surface area contributed by atoms with Gasteiger partial charge >= 0.3 is 5.97 Å². The summed E-state index contributed by atoms with van der Waals surface area (Å²) in [6, 6.07) is 20.0. The SMILES string of the molecule is COC(=O)/C=C/c1ccc2c(c1)CCC2N(CCc1c[nH]c2ccccc12)S(=O)(=O)c1ccc(OCCS#N)cc1. The van der Waals surface area contributed by atoms with Gasteiger partial charge in [0.25, 0.3) is 0 Å². The number of esters is 1. The number of aryl methyl sites for hydroxylation is 1. The molecule has 1 atom stereocenters. The lowest BCUT2D eigenvalue weighted by Crippen LogP contribution is -2.35. The molecule has 1 N–H and O–H groups in total. The molecule has 0 saturated carbocycles. The summed E-state index contributed by atoms with van der Waals surface area (Å²) in [7, 11) is -2.53. The molecule has 0 amide bonds. The lowest BCUT2D eigenvalue weighted by Gasteiger charge is -2.29. The number of sulfonamides is 1. The van der Waals surface area contributed by atoms with Gasteiger partial charge in [-0.1, -0.05) is 36.4 Å². The number of hydrogen-bond acceptors (Lipinski definition) is 6. The van der Waals surface area contributed by atoms with E-state index in [1.54, 1.807) is 34.6 Å². The molecule has 1 aromatic heterocycles. The molecule has 8 nitrogen and oxygen atoms in total. The maximum absolute atomic E-state index is 14.2. The zero-order valence-corrected chi connectivity index (χ0v) is 24.3. The van der Waals surface area contributed by atoms with Crippen LogP contribution in [0.3, 0.4) is 0 Å². The predicted molar refractivity (Wildman–Crippen MR) is 161 cm³/mol. The second-order valence-corrected chi connectivity index (χ2v) is 12.3. The second-order valence-electron chi connectivity index (χ2n) is 9.75. The molecule has 0 bridgehead atoms. The fourth-order valence-electron chi connectivity index (χ4n) is 5.30. The van der Waals surface area contributed by atoms with E-state index < -0.39 is 16.0 Å². The van der Waals surface area contributed by atoms with E-state index >= 15 is 0 Å². The van der Waals surface area contributed by atoms with Crippen molar-refractivity contribution in [3.63, 3.8) is 0 Å². The van der Waals surface area contributed by atoms with Crippen molar-refractivity contribution >= 4 is 44.4 Å². The van der Waals surface area contributed by atoms with Crippen LogP contribution in [0.15, 0.2) is 83.9 Å². The Labute approximate surface area is 243 Å². The van der Waals surface area contributed by atoms with Crippen LogP contribution in [0.25, 0.3) is 17.0 Å². The van der Waals surface area contributed by atoms with Gasteiger partial charge in [0.2, 0.25) is 10.0 Å². The first kappa shape index (κ1) is 28.6. The second kappa shape index (κ2) is 12.7. The van der Waals surface area contributed by atoms with Crippen LogP contribution in [0.1, 0.15) is 34.7 Å². The minimum Gasteiger partial charge on any atom is -0.492 e. The van der Waals surface area contributed by atoms with E-state index in [0.29, 0.717) is 48.9 Å². The minimum absolute atomic E-state index is 0.200. The fourth-order valence-corrected chi connectivity index (χ4v) is 7.10. The Bertz CT molecular complexity index is 1720. The van der Waals surface area contributed by atoms with Crippen LogP contribution in [0.2, 0.25) is 0 Å². The Morgan fingerprint density at radius 2 is 1.95 bits per heavy atom. The maximum Gasteiger partial charge on any atom is 0.330 e. The first-order valence-corrected chi connectivity index (χ1v) is 15.7. The molecule has 4 aromatic rings. The Kier molecular flexibility index (Phi) is 8.85. The minimum atomic E-state index is -3.86. The molecule has 10 heteroatoms. The highest BCUT2D eigenvalue weighted by molar-refractivity contribution is 7.89. The number of nitrogens with one attached hydrogen (secondary N) is 1. The number of ether oxygens (including phenoxy) is 2. The lowest BCUT2D eigenvalue weighted by atomic mass is 10.0. The molecule has 1 aliphatic carbocycles. The largest absolute Gasteiger partial charge is 0.492 e. The topological polar surface area (TPSA) is 112 Å². The zero-order valence-electron chi connectivity index (χ0n) is 22.7. The van der Waals surface area contributed by atoms with Crippen LogP contribution in [0.5, 0.6) is 5.75 Å². The predicted octanol–water partition coefficient (Wildman–Crippen LogP) is 5.87. The Balaban J connectivity index is 1.45. The molecular weight excluding hydrogens is 558 g/mol. The molecule has 0 radical (unpaired) electrons. The Morgan fingerprint density at radius 1 is 1.15 bits per heavy atom. The monoisotopic (exact) mass is 589 g/mol. The first-order chi connectivity index (χ1) is 19.9. The third-order valence-corrected chi connectivity index (χ3v) is 9.60. The number of hydrogen-bond donors (Lipinski definition) is 1. The molecule has 0 aliphatic heterocycles. The molecule has 1 heterocycles. The molecular formula is C31H31N3O5S2. The van der Waals surface area contributed by atoms with Crippen molar-refractivity contribution in [3.05, 3.63) is 101 Å². The summed E-state index contributed by atoms with van der Waals surface area (Å²) in [6.45, 7) is 0.629. The van der Waals surface area contributed by atoms with Crippen LogP contribution in [-0.4, -0.2) is 49.7 Å². The number of para-hydroxylation sites is 1. The van der Waals surface area contributed by atoms with Crippen LogP contribution in [-0.2, 0) is 32.4 Å². The summed E-state index contributed by atoms with van der Waals surface area (Å²) in [5.41, 5.74) is 4.99. The van der Waals surface area contributed by atoms with Crippen molar-refractivity contribution in [2.45, 2.75) is 30.2 Å². The van der Waals surface area contributed by atoms with Gasteiger partial charge in [-0.2, -0.15) is 8.91 Å². The average molecular weight is 590 g/mol. The number of carbonyl (C=O) groups excluding carboxylic acids is 1. The van der Waals surface area contributed by atoms with Crippen molar-refractivity contribution in [2.24, 2.45) is 0 Å². The summed E-state index contributed by atoms with van der Waals surface area (Å²) in [5, 5.41) is 1.08. The van der Waals surface area contributed by atoms with Crippen molar-refractivity contribution in [1.29, 1.82) is 4.61 Å². The fraction of sp³-hybridized carbons (Fsp3) is 0.258.